The lowest BCUT2D eigenvalue weighted by atomic mass is 10.1. The van der Waals surface area contributed by atoms with Gasteiger partial charge in [0, 0.05) is 51.0 Å². The zero-order valence-corrected chi connectivity index (χ0v) is 20.4. The minimum Gasteiger partial charge on any atom is -0.375 e. The van der Waals surface area contributed by atoms with Crippen molar-refractivity contribution >= 4 is 41.5 Å². The largest absolute Gasteiger partial charge is 0.375 e. The quantitative estimate of drug-likeness (QED) is 0.248. The second-order valence-corrected chi connectivity index (χ2v) is 7.31. The molecule has 0 atom stereocenters. The number of hydrogen-bond acceptors (Lipinski definition) is 3. The van der Waals surface area contributed by atoms with Crippen LogP contribution in [-0.2, 0) is 24.9 Å². The molecule has 2 rings (SSSR count). The maximum absolute atomic E-state index is 5.89. The summed E-state index contributed by atoms with van der Waals surface area (Å²) in [5, 5.41) is 8.65. The molecule has 0 aliphatic heterocycles. The summed E-state index contributed by atoms with van der Waals surface area (Å²) in [6.45, 7) is 6.94. The number of aromatic nitrogens is 2. The van der Waals surface area contributed by atoms with Crippen molar-refractivity contribution in [3.63, 3.8) is 0 Å². The lowest BCUT2D eigenvalue weighted by molar-refractivity contribution is 0.125. The summed E-state index contributed by atoms with van der Waals surface area (Å²) in [4.78, 5) is 6.46. The monoisotopic (exact) mass is 519 g/mol. The van der Waals surface area contributed by atoms with Crippen LogP contribution in [0, 0.1) is 0 Å². The molecule has 0 saturated carbocycles. The zero-order chi connectivity index (χ0) is 19.8. The zero-order valence-electron chi connectivity index (χ0n) is 17.3. The van der Waals surface area contributed by atoms with Crippen LogP contribution in [0.4, 0.5) is 0 Å². The normalized spacial score (nSPS) is 11.5. The Balaban J connectivity index is 0.00000392. The molecule has 28 heavy (non-hydrogen) atoms. The molecule has 0 spiro atoms. The van der Waals surface area contributed by atoms with Gasteiger partial charge in [-0.3, -0.25) is 9.67 Å². The first-order chi connectivity index (χ1) is 12.9. The summed E-state index contributed by atoms with van der Waals surface area (Å²) in [6, 6.07) is 7.70. The van der Waals surface area contributed by atoms with Gasteiger partial charge in [0.1, 0.15) is 0 Å². The van der Waals surface area contributed by atoms with E-state index in [-0.39, 0.29) is 24.0 Å². The van der Waals surface area contributed by atoms with Gasteiger partial charge in [0.2, 0.25) is 0 Å². The van der Waals surface area contributed by atoms with Crippen molar-refractivity contribution in [3.8, 4) is 0 Å². The maximum Gasteiger partial charge on any atom is 0.193 e. The third-order valence-electron chi connectivity index (χ3n) is 4.18. The van der Waals surface area contributed by atoms with Gasteiger partial charge in [-0.2, -0.15) is 5.10 Å². The summed E-state index contributed by atoms with van der Waals surface area (Å²) in [7, 11) is 5.78. The number of aliphatic imine (C=N–C) groups is 1. The van der Waals surface area contributed by atoms with Gasteiger partial charge in [-0.15, -0.1) is 24.0 Å². The fraction of sp³-hybridized carbons (Fsp3) is 0.500. The molecule has 1 N–H and O–H groups in total. The highest BCUT2D eigenvalue weighted by atomic mass is 127. The van der Waals surface area contributed by atoms with Gasteiger partial charge in [0.05, 0.1) is 18.9 Å². The van der Waals surface area contributed by atoms with Crippen LogP contribution in [0.25, 0.3) is 0 Å². The van der Waals surface area contributed by atoms with Crippen LogP contribution in [-0.4, -0.2) is 47.9 Å². The molecule has 2 aromatic rings. The number of benzene rings is 1. The Morgan fingerprint density at radius 1 is 1.32 bits per heavy atom. The van der Waals surface area contributed by atoms with Crippen LogP contribution >= 0.6 is 35.6 Å². The first-order valence-corrected chi connectivity index (χ1v) is 9.55. The van der Waals surface area contributed by atoms with E-state index in [1.165, 1.54) is 5.56 Å². The first-order valence-electron chi connectivity index (χ1n) is 9.17. The number of halogens is 2. The van der Waals surface area contributed by atoms with Gasteiger partial charge in [-0.25, -0.2) is 0 Å². The second kappa shape index (κ2) is 12.3. The number of ether oxygens (including phenoxy) is 1. The van der Waals surface area contributed by atoms with Gasteiger partial charge >= 0.3 is 0 Å². The smallest absolute Gasteiger partial charge is 0.193 e. The molecule has 0 bridgehead atoms. The number of hydrogen-bond donors (Lipinski definition) is 1. The summed E-state index contributed by atoms with van der Waals surface area (Å²) >= 11 is 5.89. The minimum atomic E-state index is 0. The third-order valence-corrected chi connectivity index (χ3v) is 4.43. The van der Waals surface area contributed by atoms with Crippen LogP contribution in [0.15, 0.2) is 35.5 Å². The average Bonchev–Trinajstić information content (AvgIpc) is 3.00. The molecule has 156 valence electrons. The topological polar surface area (TPSA) is 54.7 Å². The van der Waals surface area contributed by atoms with Gasteiger partial charge in [0.25, 0.3) is 0 Å². The molecular formula is C20H31ClIN5O. The molecular weight excluding hydrogens is 489 g/mol. The van der Waals surface area contributed by atoms with E-state index < -0.39 is 0 Å². The number of nitrogens with zero attached hydrogens (tertiary/aromatic N) is 4. The van der Waals surface area contributed by atoms with Crippen molar-refractivity contribution in [2.24, 2.45) is 12.0 Å². The molecule has 0 aliphatic rings. The predicted molar refractivity (Wildman–Crippen MR) is 127 cm³/mol. The molecule has 1 aromatic carbocycles. The highest BCUT2D eigenvalue weighted by Crippen LogP contribution is 2.18. The molecule has 0 radical (unpaired) electrons. The molecule has 1 aromatic heterocycles. The Labute approximate surface area is 190 Å². The summed E-state index contributed by atoms with van der Waals surface area (Å²) in [5.41, 5.74) is 3.46. The van der Waals surface area contributed by atoms with E-state index in [1.807, 2.05) is 43.0 Å². The van der Waals surface area contributed by atoms with E-state index in [2.05, 4.69) is 40.4 Å². The highest BCUT2D eigenvalue weighted by Gasteiger charge is 2.14. The van der Waals surface area contributed by atoms with E-state index in [9.17, 15) is 0 Å². The predicted octanol–water partition coefficient (Wildman–Crippen LogP) is 4.04. The molecule has 0 aliphatic carbocycles. The SMILES string of the molecule is CN=C(NCCOCc1ccc(Cl)cc1)N(C)Cc1cn(C)nc1C(C)C.I. The summed E-state index contributed by atoms with van der Waals surface area (Å²) < 4.78 is 7.59. The van der Waals surface area contributed by atoms with E-state index in [0.29, 0.717) is 25.7 Å². The van der Waals surface area contributed by atoms with Crippen LogP contribution < -0.4 is 5.32 Å². The number of guanidine groups is 1. The Morgan fingerprint density at radius 2 is 2.00 bits per heavy atom. The van der Waals surface area contributed by atoms with Gasteiger partial charge in [-0.05, 0) is 23.6 Å². The van der Waals surface area contributed by atoms with E-state index in [4.69, 9.17) is 16.3 Å². The Kier molecular flexibility index (Phi) is 10.8. The van der Waals surface area contributed by atoms with E-state index in [1.54, 1.807) is 7.05 Å². The van der Waals surface area contributed by atoms with E-state index in [0.717, 1.165) is 28.8 Å². The fourth-order valence-corrected chi connectivity index (χ4v) is 3.01. The van der Waals surface area contributed by atoms with Crippen LogP contribution in [0.2, 0.25) is 5.02 Å². The lowest BCUT2D eigenvalue weighted by Crippen LogP contribution is -2.40. The maximum atomic E-state index is 5.89. The third kappa shape index (κ3) is 7.60. The Morgan fingerprint density at radius 3 is 2.61 bits per heavy atom. The Hall–Kier alpha value is -1.32. The van der Waals surface area contributed by atoms with Crippen molar-refractivity contribution in [3.05, 3.63) is 52.3 Å². The average molecular weight is 520 g/mol. The summed E-state index contributed by atoms with van der Waals surface area (Å²) in [6.07, 6.45) is 2.08. The molecule has 0 fully saturated rings. The Bertz CT molecular complexity index is 746. The van der Waals surface area contributed by atoms with Gasteiger partial charge in [-0.1, -0.05) is 37.6 Å². The van der Waals surface area contributed by atoms with Gasteiger partial charge in [0.15, 0.2) is 5.96 Å². The number of aryl methyl sites for hydroxylation is 1. The van der Waals surface area contributed by atoms with Crippen LogP contribution in [0.3, 0.4) is 0 Å². The van der Waals surface area contributed by atoms with Crippen molar-refractivity contribution in [2.75, 3.05) is 27.2 Å². The van der Waals surface area contributed by atoms with Crippen molar-refractivity contribution < 1.29 is 4.74 Å². The van der Waals surface area contributed by atoms with Crippen molar-refractivity contribution in [1.29, 1.82) is 0 Å². The molecule has 0 amide bonds. The van der Waals surface area contributed by atoms with Crippen molar-refractivity contribution in [1.82, 2.24) is 20.0 Å². The molecule has 0 saturated heterocycles. The van der Waals surface area contributed by atoms with Gasteiger partial charge < -0.3 is 15.0 Å². The van der Waals surface area contributed by atoms with E-state index >= 15 is 0 Å². The molecule has 1 heterocycles. The van der Waals surface area contributed by atoms with Crippen LogP contribution in [0.1, 0.15) is 36.6 Å². The molecule has 0 unspecified atom stereocenters. The molecule has 6 nitrogen and oxygen atoms in total. The standard InChI is InChI=1S/C20H30ClN5O.HI/c1-15(2)19-17(13-26(5)24-19)12-25(4)20(22-3)23-10-11-27-14-16-6-8-18(21)9-7-16;/h6-9,13,15H,10-12,14H2,1-5H3,(H,22,23);1H. The molecule has 8 heteroatoms. The minimum absolute atomic E-state index is 0. The van der Waals surface area contributed by atoms with Crippen LogP contribution in [0.5, 0.6) is 0 Å². The first kappa shape index (κ1) is 24.7. The highest BCUT2D eigenvalue weighted by molar-refractivity contribution is 14.0. The number of nitrogens with one attached hydrogen (secondary N) is 1. The lowest BCUT2D eigenvalue weighted by Gasteiger charge is -2.22. The fourth-order valence-electron chi connectivity index (χ4n) is 2.88. The second-order valence-electron chi connectivity index (χ2n) is 6.88. The number of rotatable bonds is 8. The van der Waals surface area contributed by atoms with Crippen molar-refractivity contribution in [2.45, 2.75) is 32.9 Å². The summed E-state index contributed by atoms with van der Waals surface area (Å²) in [5.74, 6) is 1.23.